The van der Waals surface area contributed by atoms with Crippen molar-refractivity contribution in [3.8, 4) is 17.7 Å². The number of methoxy groups -OCH3 is 1. The fourth-order valence-corrected chi connectivity index (χ4v) is 3.43. The molecule has 0 spiro atoms. The van der Waals surface area contributed by atoms with Crippen LogP contribution in [0.2, 0.25) is 0 Å². The van der Waals surface area contributed by atoms with E-state index in [4.69, 9.17) is 4.74 Å². The summed E-state index contributed by atoms with van der Waals surface area (Å²) in [5.41, 5.74) is 1.72. The van der Waals surface area contributed by atoms with E-state index in [2.05, 4.69) is 12.0 Å². The van der Waals surface area contributed by atoms with E-state index >= 15 is 0 Å². The zero-order valence-electron chi connectivity index (χ0n) is 14.1. The summed E-state index contributed by atoms with van der Waals surface area (Å²) in [6.07, 6.45) is 0.678. The maximum Gasteiger partial charge on any atom is 0.270 e. The van der Waals surface area contributed by atoms with E-state index in [0.29, 0.717) is 24.3 Å². The van der Waals surface area contributed by atoms with Crippen molar-refractivity contribution in [2.75, 3.05) is 13.7 Å². The monoisotopic (exact) mass is 343 g/mol. The van der Waals surface area contributed by atoms with Gasteiger partial charge in [-0.2, -0.15) is 0 Å². The van der Waals surface area contributed by atoms with Crippen molar-refractivity contribution >= 4 is 10.0 Å². The minimum absolute atomic E-state index is 0.251. The lowest BCUT2D eigenvalue weighted by Crippen LogP contribution is -2.27. The Hall–Kier alpha value is -2.45. The summed E-state index contributed by atoms with van der Waals surface area (Å²) in [4.78, 5) is 0.251. The van der Waals surface area contributed by atoms with Crippen LogP contribution in [0.25, 0.3) is 0 Å². The van der Waals surface area contributed by atoms with Crippen LogP contribution in [0.3, 0.4) is 0 Å². The van der Waals surface area contributed by atoms with E-state index < -0.39 is 10.0 Å². The van der Waals surface area contributed by atoms with Crippen molar-refractivity contribution in [3.63, 3.8) is 0 Å². The zero-order valence-corrected chi connectivity index (χ0v) is 14.9. The first kappa shape index (κ1) is 17.9. The number of nitrogens with zero attached hydrogens (tertiary/aromatic N) is 1. The maximum absolute atomic E-state index is 12.8. The van der Waals surface area contributed by atoms with Crippen LogP contribution in [0.5, 0.6) is 5.75 Å². The fourth-order valence-electron chi connectivity index (χ4n) is 2.10. The number of rotatable bonds is 5. The Labute approximate surface area is 144 Å². The second-order valence-electron chi connectivity index (χ2n) is 5.36. The number of ether oxygens (including phenoxy) is 1. The molecular weight excluding hydrogens is 322 g/mol. The van der Waals surface area contributed by atoms with Crippen LogP contribution in [0.4, 0.5) is 0 Å². The Morgan fingerprint density at radius 1 is 1.12 bits per heavy atom. The second kappa shape index (κ2) is 7.89. The molecule has 4 nitrogen and oxygen atoms in total. The van der Waals surface area contributed by atoms with Crippen LogP contribution in [0, 0.1) is 18.9 Å². The highest BCUT2D eigenvalue weighted by molar-refractivity contribution is 7.89. The summed E-state index contributed by atoms with van der Waals surface area (Å²) in [6, 6.07) is 16.8. The van der Waals surface area contributed by atoms with Gasteiger partial charge >= 0.3 is 0 Å². The van der Waals surface area contributed by atoms with Crippen molar-refractivity contribution in [1.82, 2.24) is 4.31 Å². The molecule has 0 aliphatic rings. The SMILES string of the molecule is CCCN(C#Cc1cccc(OC)c1)S(=O)(=O)c1ccc(C)cc1. The number of sulfonamides is 1. The molecule has 126 valence electrons. The molecule has 0 unspecified atom stereocenters. The highest BCUT2D eigenvalue weighted by atomic mass is 32.2. The molecule has 0 radical (unpaired) electrons. The van der Waals surface area contributed by atoms with E-state index in [-0.39, 0.29) is 4.90 Å². The fraction of sp³-hybridized carbons (Fsp3) is 0.263. The highest BCUT2D eigenvalue weighted by Gasteiger charge is 2.21. The first-order chi connectivity index (χ1) is 11.5. The first-order valence-electron chi connectivity index (χ1n) is 7.72. The summed E-state index contributed by atoms with van der Waals surface area (Å²) in [5, 5.41) is 0. The molecule has 0 saturated heterocycles. The molecule has 24 heavy (non-hydrogen) atoms. The van der Waals surface area contributed by atoms with Crippen LogP contribution < -0.4 is 4.74 Å². The van der Waals surface area contributed by atoms with Crippen LogP contribution >= 0.6 is 0 Å². The lowest BCUT2D eigenvalue weighted by molar-refractivity contribution is 0.414. The third-order valence-electron chi connectivity index (χ3n) is 3.43. The molecule has 0 saturated carbocycles. The van der Waals surface area contributed by atoms with Crippen LogP contribution in [-0.4, -0.2) is 26.4 Å². The molecule has 0 fully saturated rings. The summed E-state index contributed by atoms with van der Waals surface area (Å²) in [7, 11) is -2.06. The average molecular weight is 343 g/mol. The summed E-state index contributed by atoms with van der Waals surface area (Å²) in [6.45, 7) is 4.18. The molecule has 0 N–H and O–H groups in total. The largest absolute Gasteiger partial charge is 0.497 e. The Bertz CT molecular complexity index is 846. The predicted molar refractivity (Wildman–Crippen MR) is 95.2 cm³/mol. The van der Waals surface area contributed by atoms with Crippen molar-refractivity contribution in [1.29, 1.82) is 0 Å². The van der Waals surface area contributed by atoms with Gasteiger partial charge in [-0.3, -0.25) is 0 Å². The number of aryl methyl sites for hydroxylation is 1. The first-order valence-corrected chi connectivity index (χ1v) is 9.16. The molecule has 0 bridgehead atoms. The molecular formula is C19H21NO3S. The molecule has 0 heterocycles. The van der Waals surface area contributed by atoms with Gasteiger partial charge in [0, 0.05) is 18.2 Å². The summed E-state index contributed by atoms with van der Waals surface area (Å²) < 4.78 is 31.9. The van der Waals surface area contributed by atoms with Crippen molar-refractivity contribution in [2.45, 2.75) is 25.2 Å². The van der Waals surface area contributed by atoms with Gasteiger partial charge in [0.15, 0.2) is 0 Å². The minimum atomic E-state index is -3.64. The van der Waals surface area contributed by atoms with Crippen LogP contribution in [0.15, 0.2) is 53.4 Å². The lowest BCUT2D eigenvalue weighted by atomic mass is 10.2. The third-order valence-corrected chi connectivity index (χ3v) is 5.15. The Balaban J connectivity index is 2.35. The van der Waals surface area contributed by atoms with Crippen molar-refractivity contribution in [2.24, 2.45) is 0 Å². The highest BCUT2D eigenvalue weighted by Crippen LogP contribution is 2.17. The predicted octanol–water partition coefficient (Wildman–Crippen LogP) is 3.41. The van der Waals surface area contributed by atoms with Gasteiger partial charge in [-0.15, -0.1) is 0 Å². The topological polar surface area (TPSA) is 46.6 Å². The lowest BCUT2D eigenvalue weighted by Gasteiger charge is -2.17. The summed E-state index contributed by atoms with van der Waals surface area (Å²) in [5.74, 6) is 3.59. The van der Waals surface area contributed by atoms with Crippen LogP contribution in [-0.2, 0) is 10.0 Å². The average Bonchev–Trinajstić information content (AvgIpc) is 2.59. The normalized spacial score (nSPS) is 10.6. The molecule has 0 aromatic heterocycles. The molecule has 2 aromatic rings. The molecule has 0 aliphatic carbocycles. The van der Waals surface area contributed by atoms with Gasteiger partial charge < -0.3 is 4.74 Å². The van der Waals surface area contributed by atoms with E-state index in [1.165, 1.54) is 4.31 Å². The Morgan fingerprint density at radius 2 is 1.83 bits per heavy atom. The van der Waals surface area contributed by atoms with E-state index in [0.717, 1.165) is 5.56 Å². The van der Waals surface area contributed by atoms with E-state index in [1.54, 1.807) is 37.4 Å². The van der Waals surface area contributed by atoms with Gasteiger partial charge in [-0.25, -0.2) is 12.7 Å². The number of benzene rings is 2. The molecule has 0 atom stereocenters. The van der Waals surface area contributed by atoms with Gasteiger partial charge in [0.25, 0.3) is 10.0 Å². The minimum Gasteiger partial charge on any atom is -0.497 e. The molecule has 2 aromatic carbocycles. The van der Waals surface area contributed by atoms with Gasteiger partial charge in [0.2, 0.25) is 0 Å². The molecule has 0 amide bonds. The van der Waals surface area contributed by atoms with E-state index in [1.807, 2.05) is 32.0 Å². The van der Waals surface area contributed by atoms with Crippen molar-refractivity contribution in [3.05, 3.63) is 59.7 Å². The quantitative estimate of drug-likeness (QED) is 0.617. The Morgan fingerprint density at radius 3 is 2.46 bits per heavy atom. The summed E-state index contributed by atoms with van der Waals surface area (Å²) >= 11 is 0. The van der Waals surface area contributed by atoms with Gasteiger partial charge in [-0.1, -0.05) is 30.7 Å². The Kier molecular flexibility index (Phi) is 5.88. The van der Waals surface area contributed by atoms with Gasteiger partial charge in [0.1, 0.15) is 5.75 Å². The second-order valence-corrected chi connectivity index (χ2v) is 7.22. The van der Waals surface area contributed by atoms with Gasteiger partial charge in [0.05, 0.1) is 12.0 Å². The van der Waals surface area contributed by atoms with Gasteiger partial charge in [-0.05, 0) is 49.6 Å². The molecule has 2 rings (SSSR count). The third kappa shape index (κ3) is 4.30. The standard InChI is InChI=1S/C19H21NO3S/c1-4-13-20(14-12-17-6-5-7-18(15-17)23-3)24(21,22)19-10-8-16(2)9-11-19/h5-11,15H,4,13H2,1-3H3. The molecule has 0 aliphatic heterocycles. The maximum atomic E-state index is 12.8. The number of hydrogen-bond donors (Lipinski definition) is 0. The smallest absolute Gasteiger partial charge is 0.270 e. The van der Waals surface area contributed by atoms with E-state index in [9.17, 15) is 8.42 Å². The molecule has 5 heteroatoms. The zero-order chi connectivity index (χ0) is 17.6. The number of hydrogen-bond acceptors (Lipinski definition) is 3. The van der Waals surface area contributed by atoms with Crippen molar-refractivity contribution < 1.29 is 13.2 Å². The van der Waals surface area contributed by atoms with Crippen LogP contribution in [0.1, 0.15) is 24.5 Å².